The number of aliphatic hydroxyl groups is 2. The molecule has 1 aliphatic heterocycles. The second-order valence-electron chi connectivity index (χ2n) is 10.4. The number of aliphatic carboxylic acids is 2. The van der Waals surface area contributed by atoms with E-state index in [1.54, 1.807) is 11.8 Å². The zero-order valence-electron chi connectivity index (χ0n) is 23.0. The molecule has 1 saturated heterocycles. The fraction of sp³-hybridized carbons (Fsp3) is 0.500. The lowest BCUT2D eigenvalue weighted by Gasteiger charge is -2.21. The second-order valence-corrected chi connectivity index (χ2v) is 11.4. The van der Waals surface area contributed by atoms with Crippen LogP contribution in [0.15, 0.2) is 34.2 Å². The number of aliphatic hydroxyl groups excluding tert-OH is 2. The van der Waals surface area contributed by atoms with Gasteiger partial charge in [-0.2, -0.15) is 13.2 Å². The van der Waals surface area contributed by atoms with Gasteiger partial charge in [-0.05, 0) is 49.9 Å². The number of thioether (sulfide) groups is 1. The fourth-order valence-corrected chi connectivity index (χ4v) is 5.98. The summed E-state index contributed by atoms with van der Waals surface area (Å²) in [6, 6.07) is 2.96. The van der Waals surface area contributed by atoms with Gasteiger partial charge < -0.3 is 34.3 Å². The molecule has 17 heteroatoms. The summed E-state index contributed by atoms with van der Waals surface area (Å²) in [5, 5.41) is 41.8. The molecule has 2 fully saturated rings. The molecule has 0 bridgehead atoms. The van der Waals surface area contributed by atoms with E-state index >= 15 is 0 Å². The maximum Gasteiger partial charge on any atom is 0.416 e. The van der Waals surface area contributed by atoms with Gasteiger partial charge in [0.1, 0.15) is 5.82 Å². The van der Waals surface area contributed by atoms with Gasteiger partial charge in [-0.15, -0.1) is 10.2 Å². The lowest BCUT2D eigenvalue weighted by Crippen LogP contribution is -2.39. The highest BCUT2D eigenvalue weighted by Crippen LogP contribution is 2.59. The van der Waals surface area contributed by atoms with Crippen LogP contribution in [0.2, 0.25) is 0 Å². The molecule has 0 unspecified atom stereocenters. The van der Waals surface area contributed by atoms with E-state index in [1.165, 1.54) is 12.5 Å². The molecule has 1 aliphatic carbocycles. The van der Waals surface area contributed by atoms with Crippen LogP contribution in [0, 0.1) is 18.7 Å². The van der Waals surface area contributed by atoms with Crippen LogP contribution >= 0.6 is 11.8 Å². The summed E-state index contributed by atoms with van der Waals surface area (Å²) < 4.78 is 60.4. The van der Waals surface area contributed by atoms with Crippen LogP contribution in [0.4, 0.5) is 17.6 Å². The molecule has 1 saturated carbocycles. The topological polar surface area (TPSA) is 175 Å². The number of hydrogen-bond donors (Lipinski definition) is 4. The molecule has 1 aromatic carbocycles. The number of alkyl halides is 3. The first kappa shape index (κ1) is 32.4. The van der Waals surface area contributed by atoms with Crippen molar-refractivity contribution in [1.82, 2.24) is 24.6 Å². The smallest absolute Gasteiger partial charge is 0.416 e. The van der Waals surface area contributed by atoms with Gasteiger partial charge in [0.05, 0.1) is 11.3 Å². The molecule has 0 amide bonds. The first-order chi connectivity index (χ1) is 20.2. The zero-order valence-corrected chi connectivity index (χ0v) is 23.8. The molecule has 0 radical (unpaired) electrons. The molecular formula is C26H29F4N5O7S. The number of benzene rings is 1. The van der Waals surface area contributed by atoms with E-state index in [2.05, 4.69) is 20.1 Å². The highest BCUT2D eigenvalue weighted by Gasteiger charge is 2.61. The Morgan fingerprint density at radius 1 is 1.19 bits per heavy atom. The van der Waals surface area contributed by atoms with Gasteiger partial charge in [0.15, 0.2) is 29.5 Å². The molecule has 5 rings (SSSR count). The number of carboxylic acids is 2. The van der Waals surface area contributed by atoms with Crippen molar-refractivity contribution in [3.63, 3.8) is 0 Å². The Balaban J connectivity index is 0.000000365. The van der Waals surface area contributed by atoms with Gasteiger partial charge in [-0.1, -0.05) is 17.8 Å². The monoisotopic (exact) mass is 631 g/mol. The number of rotatable bonds is 10. The van der Waals surface area contributed by atoms with Crippen LogP contribution in [0.1, 0.15) is 29.7 Å². The average molecular weight is 632 g/mol. The lowest BCUT2D eigenvalue weighted by atomic mass is 9.93. The van der Waals surface area contributed by atoms with Crippen molar-refractivity contribution in [3.05, 3.63) is 47.2 Å². The molecule has 3 aromatic rings. The Morgan fingerprint density at radius 3 is 2.42 bits per heavy atom. The maximum absolute atomic E-state index is 14.5. The van der Waals surface area contributed by atoms with Gasteiger partial charge >= 0.3 is 18.1 Å². The summed E-state index contributed by atoms with van der Waals surface area (Å²) in [7, 11) is 1.88. The molecule has 0 spiro atoms. The number of carbonyl (C=O) groups is 2. The summed E-state index contributed by atoms with van der Waals surface area (Å²) in [6.45, 7) is 4.23. The number of halogens is 4. The third-order valence-corrected chi connectivity index (χ3v) is 8.59. The molecule has 234 valence electrons. The minimum atomic E-state index is -4.53. The zero-order chi connectivity index (χ0) is 31.7. The predicted molar refractivity (Wildman–Crippen MR) is 141 cm³/mol. The van der Waals surface area contributed by atoms with E-state index in [1.807, 2.05) is 18.5 Å². The second kappa shape index (κ2) is 12.6. The molecule has 2 aromatic heterocycles. The van der Waals surface area contributed by atoms with Crippen LogP contribution in [-0.2, 0) is 28.2 Å². The minimum absolute atomic E-state index is 0.308. The van der Waals surface area contributed by atoms with E-state index in [9.17, 15) is 27.2 Å². The summed E-state index contributed by atoms with van der Waals surface area (Å²) in [5.41, 5.74) is -0.0937. The first-order valence-corrected chi connectivity index (χ1v) is 14.0. The fourth-order valence-electron chi connectivity index (χ4n) is 5.15. The average Bonchev–Trinajstić information content (AvgIpc) is 3.21. The van der Waals surface area contributed by atoms with E-state index < -0.39 is 41.7 Å². The van der Waals surface area contributed by atoms with Gasteiger partial charge in [-0.3, -0.25) is 0 Å². The number of aryl methyl sites for hydroxylation is 1. The normalized spacial score (nSPS) is 21.1. The summed E-state index contributed by atoms with van der Waals surface area (Å²) in [5.74, 6) is -1.90. The third kappa shape index (κ3) is 7.00. The maximum atomic E-state index is 14.5. The number of fused-ring (bicyclic) bond motifs is 1. The van der Waals surface area contributed by atoms with Gasteiger partial charge in [0, 0.05) is 31.3 Å². The molecule has 4 N–H and O–H groups in total. The van der Waals surface area contributed by atoms with E-state index in [0.29, 0.717) is 35.7 Å². The Morgan fingerprint density at radius 2 is 1.86 bits per heavy atom. The Hall–Kier alpha value is -3.54. The lowest BCUT2D eigenvalue weighted by molar-refractivity contribution is -0.165. The van der Waals surface area contributed by atoms with Crippen molar-refractivity contribution in [1.29, 1.82) is 0 Å². The minimum Gasteiger partial charge on any atom is -0.479 e. The number of carboxylic acid groups (broad SMARTS) is 2. The summed E-state index contributed by atoms with van der Waals surface area (Å²) in [4.78, 5) is 25.9. The Kier molecular flexibility index (Phi) is 9.48. The standard InChI is InChI=1S/C22H23F4N5OS.C4H6O6/c1-13-18(32-12-27-13)19-28-29-20(30(19)2)33-7-3-6-31-10-15-9-21(15,11-31)16-5-4-14(8-17(16)23)22(24,25)26;5-1(3(7)8)2(6)4(9)10/h4-5,8,12,15H,3,6-7,9-11H2,1-2H3;1-2,5-6H,(H,7,8)(H,9,10)/t15-,21-;1-,2-/m01/s1. The van der Waals surface area contributed by atoms with Crippen LogP contribution in [0.25, 0.3) is 11.6 Å². The predicted octanol–water partition coefficient (Wildman–Crippen LogP) is 2.57. The number of aromatic nitrogens is 4. The Bertz CT molecular complexity index is 1460. The van der Waals surface area contributed by atoms with Crippen molar-refractivity contribution >= 4 is 23.7 Å². The van der Waals surface area contributed by atoms with Gasteiger partial charge in [0.25, 0.3) is 0 Å². The molecule has 3 heterocycles. The van der Waals surface area contributed by atoms with Gasteiger partial charge in [0.2, 0.25) is 5.82 Å². The van der Waals surface area contributed by atoms with Crippen molar-refractivity contribution in [3.8, 4) is 11.6 Å². The summed E-state index contributed by atoms with van der Waals surface area (Å²) >= 11 is 1.60. The van der Waals surface area contributed by atoms with E-state index in [-0.39, 0.29) is 5.41 Å². The Labute approximate surface area is 246 Å². The SMILES string of the molecule is Cc1ncoc1-c1nnc(SCCCN2C[C@@H]3C[C@]3(c3ccc(C(F)(F)F)cc3F)C2)n1C.O=C(O)[C@H](O)[C@@H](O)C(=O)O. The first-order valence-electron chi connectivity index (χ1n) is 13.0. The van der Waals surface area contributed by atoms with E-state index in [0.717, 1.165) is 48.6 Å². The van der Waals surface area contributed by atoms with Crippen LogP contribution in [-0.4, -0.2) is 94.6 Å². The molecule has 4 atom stereocenters. The van der Waals surface area contributed by atoms with E-state index in [4.69, 9.17) is 24.8 Å². The molecule has 43 heavy (non-hydrogen) atoms. The number of piperidine rings is 1. The number of nitrogens with zero attached hydrogens (tertiary/aromatic N) is 5. The van der Waals surface area contributed by atoms with Crippen LogP contribution < -0.4 is 0 Å². The summed E-state index contributed by atoms with van der Waals surface area (Å²) in [6.07, 6.45) is -5.93. The molecule has 2 aliphatic rings. The van der Waals surface area contributed by atoms with Gasteiger partial charge in [-0.25, -0.2) is 19.0 Å². The van der Waals surface area contributed by atoms with Crippen molar-refractivity contribution < 1.29 is 52.0 Å². The highest BCUT2D eigenvalue weighted by molar-refractivity contribution is 7.99. The van der Waals surface area contributed by atoms with Crippen LogP contribution in [0.3, 0.4) is 0 Å². The number of likely N-dealkylation sites (tertiary alicyclic amines) is 1. The molecule has 12 nitrogen and oxygen atoms in total. The third-order valence-electron chi connectivity index (χ3n) is 7.49. The number of hydrogen-bond acceptors (Lipinski definition) is 10. The largest absolute Gasteiger partial charge is 0.479 e. The number of oxazole rings is 1. The van der Waals surface area contributed by atoms with Crippen molar-refractivity contribution in [2.24, 2.45) is 13.0 Å². The quantitative estimate of drug-likeness (QED) is 0.146. The van der Waals surface area contributed by atoms with Crippen molar-refractivity contribution in [2.75, 3.05) is 25.4 Å². The highest BCUT2D eigenvalue weighted by atomic mass is 32.2. The molecular weight excluding hydrogens is 602 g/mol. The van der Waals surface area contributed by atoms with Crippen molar-refractivity contribution in [2.45, 2.75) is 48.7 Å². The van der Waals surface area contributed by atoms with Crippen LogP contribution in [0.5, 0.6) is 0 Å².